The van der Waals surface area contributed by atoms with E-state index in [0.717, 1.165) is 37.8 Å². The fraction of sp³-hybridized carbons (Fsp3) is 0.579. The van der Waals surface area contributed by atoms with Gasteiger partial charge in [0.1, 0.15) is 0 Å². The van der Waals surface area contributed by atoms with Crippen LogP contribution in [0.15, 0.2) is 28.8 Å². The molecule has 1 aliphatic rings. The van der Waals surface area contributed by atoms with E-state index in [1.54, 1.807) is 0 Å². The Kier molecular flexibility index (Phi) is 5.58. The third-order valence-corrected chi connectivity index (χ3v) is 4.49. The van der Waals surface area contributed by atoms with E-state index in [1.165, 1.54) is 5.69 Å². The van der Waals surface area contributed by atoms with Crippen molar-refractivity contribution >= 4 is 11.4 Å². The van der Waals surface area contributed by atoms with Gasteiger partial charge in [-0.1, -0.05) is 19.0 Å². The topological polar surface area (TPSA) is 54.6 Å². The molecule has 1 aromatic carbocycles. The fourth-order valence-corrected chi connectivity index (χ4v) is 2.96. The average molecular weight is 344 g/mol. The first kappa shape index (κ1) is 17.7. The summed E-state index contributed by atoms with van der Waals surface area (Å²) in [6.45, 7) is 12.6. The van der Waals surface area contributed by atoms with Crippen molar-refractivity contribution in [2.75, 3.05) is 36.1 Å². The molecule has 0 spiro atoms. The third-order valence-electron chi connectivity index (χ3n) is 4.49. The van der Waals surface area contributed by atoms with Crippen molar-refractivity contribution in [3.63, 3.8) is 0 Å². The summed E-state index contributed by atoms with van der Waals surface area (Å²) >= 11 is 0. The van der Waals surface area contributed by atoms with Gasteiger partial charge in [0.15, 0.2) is 5.82 Å². The van der Waals surface area contributed by atoms with Crippen LogP contribution >= 0.6 is 0 Å². The molecule has 2 aromatic rings. The van der Waals surface area contributed by atoms with Crippen molar-refractivity contribution in [1.82, 2.24) is 10.1 Å². The molecule has 1 fully saturated rings. The molecule has 0 bridgehead atoms. The standard InChI is InChI=1S/C19H28N4O2/c1-14(2)19-20-18(25-21-19)13-23(15(3)4)17-7-5-16(6-8-17)22-9-11-24-12-10-22/h5-8,14-15H,9-13H2,1-4H3. The normalized spacial score (nSPS) is 15.2. The zero-order valence-electron chi connectivity index (χ0n) is 15.6. The maximum absolute atomic E-state index is 5.43. The lowest BCUT2D eigenvalue weighted by atomic mass is 10.2. The fourth-order valence-electron chi connectivity index (χ4n) is 2.96. The molecule has 1 aromatic heterocycles. The molecule has 0 unspecified atom stereocenters. The highest BCUT2D eigenvalue weighted by atomic mass is 16.5. The van der Waals surface area contributed by atoms with Crippen LogP contribution in [-0.4, -0.2) is 42.5 Å². The Morgan fingerprint density at radius 2 is 1.76 bits per heavy atom. The zero-order valence-corrected chi connectivity index (χ0v) is 15.6. The first-order chi connectivity index (χ1) is 12.0. The van der Waals surface area contributed by atoms with Crippen LogP contribution < -0.4 is 9.80 Å². The monoisotopic (exact) mass is 344 g/mol. The number of nitrogens with zero attached hydrogens (tertiary/aromatic N) is 4. The number of aromatic nitrogens is 2. The van der Waals surface area contributed by atoms with E-state index in [4.69, 9.17) is 9.26 Å². The smallest absolute Gasteiger partial charge is 0.246 e. The number of hydrogen-bond donors (Lipinski definition) is 0. The van der Waals surface area contributed by atoms with Crippen molar-refractivity contribution in [2.45, 2.75) is 46.2 Å². The molecular weight excluding hydrogens is 316 g/mol. The summed E-state index contributed by atoms with van der Waals surface area (Å²) in [6.07, 6.45) is 0. The largest absolute Gasteiger partial charge is 0.378 e. The van der Waals surface area contributed by atoms with E-state index in [9.17, 15) is 0 Å². The second-order valence-electron chi connectivity index (χ2n) is 7.04. The molecule has 6 heteroatoms. The lowest BCUT2D eigenvalue weighted by Gasteiger charge is -2.31. The minimum absolute atomic E-state index is 0.276. The van der Waals surface area contributed by atoms with Gasteiger partial charge in [-0.2, -0.15) is 4.98 Å². The van der Waals surface area contributed by atoms with Crippen molar-refractivity contribution < 1.29 is 9.26 Å². The first-order valence-electron chi connectivity index (χ1n) is 9.06. The molecule has 0 atom stereocenters. The van der Waals surface area contributed by atoms with E-state index >= 15 is 0 Å². The molecule has 1 saturated heterocycles. The Morgan fingerprint density at radius 3 is 2.32 bits per heavy atom. The second-order valence-corrected chi connectivity index (χ2v) is 7.04. The van der Waals surface area contributed by atoms with Gasteiger partial charge in [-0.3, -0.25) is 0 Å². The molecule has 0 aliphatic carbocycles. The summed E-state index contributed by atoms with van der Waals surface area (Å²) < 4.78 is 10.8. The predicted octanol–water partition coefficient (Wildman–Crippen LogP) is 3.44. The molecule has 1 aliphatic heterocycles. The summed E-state index contributed by atoms with van der Waals surface area (Å²) in [7, 11) is 0. The van der Waals surface area contributed by atoms with Gasteiger partial charge >= 0.3 is 0 Å². The lowest BCUT2D eigenvalue weighted by molar-refractivity contribution is 0.122. The van der Waals surface area contributed by atoms with Crippen LogP contribution in [0.2, 0.25) is 0 Å². The number of rotatable bonds is 6. The van der Waals surface area contributed by atoms with E-state index in [2.05, 4.69) is 71.9 Å². The number of ether oxygens (including phenoxy) is 1. The predicted molar refractivity (Wildman–Crippen MR) is 99.2 cm³/mol. The molecule has 3 rings (SSSR count). The summed E-state index contributed by atoms with van der Waals surface area (Å²) in [5.74, 6) is 1.70. The third kappa shape index (κ3) is 4.31. The summed E-state index contributed by atoms with van der Waals surface area (Å²) in [5.41, 5.74) is 2.41. The van der Waals surface area contributed by atoms with Gasteiger partial charge < -0.3 is 19.1 Å². The van der Waals surface area contributed by atoms with Crippen LogP contribution in [0.4, 0.5) is 11.4 Å². The van der Waals surface area contributed by atoms with Crippen molar-refractivity contribution in [3.8, 4) is 0 Å². The quantitative estimate of drug-likeness (QED) is 0.800. The Labute approximate surface area is 149 Å². The van der Waals surface area contributed by atoms with Gasteiger partial charge in [0.25, 0.3) is 0 Å². The van der Waals surface area contributed by atoms with Gasteiger partial charge in [-0.25, -0.2) is 0 Å². The molecule has 136 valence electrons. The summed E-state index contributed by atoms with van der Waals surface area (Å²) in [6, 6.07) is 9.05. The molecule has 0 amide bonds. The summed E-state index contributed by atoms with van der Waals surface area (Å²) in [5, 5.41) is 4.07. The van der Waals surface area contributed by atoms with Crippen LogP contribution in [0.3, 0.4) is 0 Å². The van der Waals surface area contributed by atoms with E-state index in [-0.39, 0.29) is 5.92 Å². The van der Waals surface area contributed by atoms with E-state index in [1.807, 2.05) is 0 Å². The SMILES string of the molecule is CC(C)c1noc(CN(c2ccc(N3CCOCC3)cc2)C(C)C)n1. The van der Waals surface area contributed by atoms with E-state index < -0.39 is 0 Å². The average Bonchev–Trinajstić information content (AvgIpc) is 3.09. The molecular formula is C19H28N4O2. The van der Waals surface area contributed by atoms with Gasteiger partial charge in [0.2, 0.25) is 5.89 Å². The van der Waals surface area contributed by atoms with Gasteiger partial charge in [-0.05, 0) is 38.1 Å². The molecule has 6 nitrogen and oxygen atoms in total. The van der Waals surface area contributed by atoms with Crippen LogP contribution in [0.25, 0.3) is 0 Å². The maximum atomic E-state index is 5.43. The van der Waals surface area contributed by atoms with Crippen LogP contribution in [0, 0.1) is 0 Å². The van der Waals surface area contributed by atoms with Crippen LogP contribution in [0.1, 0.15) is 45.3 Å². The Morgan fingerprint density at radius 1 is 1.08 bits per heavy atom. The highest BCUT2D eigenvalue weighted by molar-refractivity contribution is 5.57. The number of benzene rings is 1. The van der Waals surface area contributed by atoms with Crippen LogP contribution in [0.5, 0.6) is 0 Å². The Bertz CT molecular complexity index is 660. The number of anilines is 2. The highest BCUT2D eigenvalue weighted by Crippen LogP contribution is 2.24. The number of morpholine rings is 1. The Balaban J connectivity index is 1.73. The zero-order chi connectivity index (χ0) is 17.8. The van der Waals surface area contributed by atoms with E-state index in [0.29, 0.717) is 18.5 Å². The summed E-state index contributed by atoms with van der Waals surface area (Å²) in [4.78, 5) is 9.15. The second kappa shape index (κ2) is 7.87. The van der Waals surface area contributed by atoms with Crippen molar-refractivity contribution in [1.29, 1.82) is 0 Å². The molecule has 0 saturated carbocycles. The van der Waals surface area contributed by atoms with Crippen molar-refractivity contribution in [2.24, 2.45) is 0 Å². The molecule has 25 heavy (non-hydrogen) atoms. The first-order valence-corrected chi connectivity index (χ1v) is 9.06. The molecule has 0 N–H and O–H groups in total. The van der Waals surface area contributed by atoms with Gasteiger partial charge in [0, 0.05) is 36.4 Å². The van der Waals surface area contributed by atoms with Crippen LogP contribution in [-0.2, 0) is 11.3 Å². The molecule has 0 radical (unpaired) electrons. The number of hydrogen-bond acceptors (Lipinski definition) is 6. The molecule has 2 heterocycles. The minimum Gasteiger partial charge on any atom is -0.378 e. The van der Waals surface area contributed by atoms with Gasteiger partial charge in [0.05, 0.1) is 19.8 Å². The van der Waals surface area contributed by atoms with Gasteiger partial charge in [-0.15, -0.1) is 0 Å². The highest BCUT2D eigenvalue weighted by Gasteiger charge is 2.17. The van der Waals surface area contributed by atoms with Crippen molar-refractivity contribution in [3.05, 3.63) is 36.0 Å². The Hall–Kier alpha value is -2.08. The minimum atomic E-state index is 0.276. The maximum Gasteiger partial charge on any atom is 0.246 e. The lowest BCUT2D eigenvalue weighted by Crippen LogP contribution is -2.36.